The molecule has 2 heterocycles. The largest absolute Gasteiger partial charge is 0.480 e. The van der Waals surface area contributed by atoms with Gasteiger partial charge in [0.05, 0.1) is 0 Å². The molecule has 5 nitrogen and oxygen atoms in total. The van der Waals surface area contributed by atoms with Crippen LogP contribution in [0, 0.1) is 11.8 Å². The summed E-state index contributed by atoms with van der Waals surface area (Å²) in [5.41, 5.74) is 0. The van der Waals surface area contributed by atoms with Crippen LogP contribution in [0.25, 0.3) is 0 Å². The summed E-state index contributed by atoms with van der Waals surface area (Å²) < 4.78 is 0. The molecule has 2 atom stereocenters. The maximum atomic E-state index is 12.1. The third-order valence-corrected chi connectivity index (χ3v) is 3.73. The minimum atomic E-state index is -0.871. The second-order valence-electron chi connectivity index (χ2n) is 4.73. The van der Waals surface area contributed by atoms with Gasteiger partial charge in [0.15, 0.2) is 0 Å². The van der Waals surface area contributed by atoms with Crippen LogP contribution in [0.5, 0.6) is 0 Å². The molecule has 0 aromatic rings. The van der Waals surface area contributed by atoms with Crippen LogP contribution in [0.3, 0.4) is 0 Å². The van der Waals surface area contributed by atoms with Gasteiger partial charge in [0.25, 0.3) is 0 Å². The number of rotatable bonds is 3. The van der Waals surface area contributed by atoms with Crippen molar-refractivity contribution in [3.05, 3.63) is 0 Å². The number of carbonyl (C=O) groups excluding carboxylic acids is 1. The Morgan fingerprint density at radius 2 is 2.12 bits per heavy atom. The van der Waals surface area contributed by atoms with Crippen molar-refractivity contribution in [3.63, 3.8) is 0 Å². The number of carboxylic acid groups (broad SMARTS) is 1. The first-order valence-electron chi connectivity index (χ1n) is 5.85. The van der Waals surface area contributed by atoms with Crippen molar-refractivity contribution in [3.8, 4) is 0 Å². The standard InChI is InChI=1S/C11H18N2O3/c1-7(8-5-12-6-8)10(14)13-4-2-3-9(13)11(15)16/h7-9,12H,2-6H2,1H3,(H,15,16)/t7?,9-/m1/s1. The van der Waals surface area contributed by atoms with Gasteiger partial charge >= 0.3 is 5.97 Å². The maximum Gasteiger partial charge on any atom is 0.326 e. The molecule has 2 fully saturated rings. The molecule has 0 radical (unpaired) electrons. The monoisotopic (exact) mass is 226 g/mol. The summed E-state index contributed by atoms with van der Waals surface area (Å²) in [4.78, 5) is 24.7. The Labute approximate surface area is 94.8 Å². The summed E-state index contributed by atoms with van der Waals surface area (Å²) in [6, 6.07) is -0.594. The van der Waals surface area contributed by atoms with Gasteiger partial charge in [0.2, 0.25) is 5.91 Å². The zero-order chi connectivity index (χ0) is 11.7. The number of carbonyl (C=O) groups is 2. The van der Waals surface area contributed by atoms with Crippen molar-refractivity contribution < 1.29 is 14.7 Å². The highest BCUT2D eigenvalue weighted by Gasteiger charge is 2.38. The van der Waals surface area contributed by atoms with Crippen molar-refractivity contribution in [2.75, 3.05) is 19.6 Å². The van der Waals surface area contributed by atoms with E-state index in [1.54, 1.807) is 4.90 Å². The fourth-order valence-corrected chi connectivity index (χ4v) is 2.41. The molecule has 5 heteroatoms. The van der Waals surface area contributed by atoms with E-state index in [0.717, 1.165) is 19.5 Å². The molecule has 16 heavy (non-hydrogen) atoms. The lowest BCUT2D eigenvalue weighted by molar-refractivity contribution is -0.150. The van der Waals surface area contributed by atoms with Crippen LogP contribution < -0.4 is 5.32 Å². The average Bonchev–Trinajstić information content (AvgIpc) is 2.61. The van der Waals surface area contributed by atoms with Gasteiger partial charge in [-0.15, -0.1) is 0 Å². The third-order valence-electron chi connectivity index (χ3n) is 3.73. The van der Waals surface area contributed by atoms with E-state index in [2.05, 4.69) is 5.32 Å². The van der Waals surface area contributed by atoms with E-state index in [1.165, 1.54) is 0 Å². The minimum Gasteiger partial charge on any atom is -0.480 e. The maximum absolute atomic E-state index is 12.1. The number of likely N-dealkylation sites (tertiary alicyclic amines) is 1. The zero-order valence-corrected chi connectivity index (χ0v) is 9.48. The van der Waals surface area contributed by atoms with Gasteiger partial charge in [-0.05, 0) is 31.8 Å². The Morgan fingerprint density at radius 1 is 1.44 bits per heavy atom. The molecule has 0 spiro atoms. The van der Waals surface area contributed by atoms with E-state index in [0.29, 0.717) is 18.9 Å². The first-order chi connectivity index (χ1) is 7.61. The number of carboxylic acids is 1. The van der Waals surface area contributed by atoms with Crippen LogP contribution in [0.2, 0.25) is 0 Å². The SMILES string of the molecule is CC(C(=O)N1CCC[C@@H]1C(=O)O)C1CNC1. The summed E-state index contributed by atoms with van der Waals surface area (Å²) in [7, 11) is 0. The summed E-state index contributed by atoms with van der Waals surface area (Å²) in [6.07, 6.45) is 1.40. The fraction of sp³-hybridized carbons (Fsp3) is 0.818. The van der Waals surface area contributed by atoms with Crippen molar-refractivity contribution >= 4 is 11.9 Å². The van der Waals surface area contributed by atoms with Gasteiger partial charge in [0.1, 0.15) is 6.04 Å². The lowest BCUT2D eigenvalue weighted by Gasteiger charge is -2.34. The molecule has 2 N–H and O–H groups in total. The smallest absolute Gasteiger partial charge is 0.326 e. The Bertz CT molecular complexity index is 302. The molecule has 0 aliphatic carbocycles. The Hall–Kier alpha value is -1.10. The van der Waals surface area contributed by atoms with Crippen LogP contribution in [0.4, 0.5) is 0 Å². The van der Waals surface area contributed by atoms with Gasteiger partial charge in [-0.2, -0.15) is 0 Å². The second kappa shape index (κ2) is 4.41. The topological polar surface area (TPSA) is 69.6 Å². The Kier molecular flexibility index (Phi) is 3.14. The van der Waals surface area contributed by atoms with E-state index >= 15 is 0 Å². The van der Waals surface area contributed by atoms with Gasteiger partial charge in [0, 0.05) is 12.5 Å². The molecule has 0 saturated carbocycles. The molecule has 1 unspecified atom stereocenters. The second-order valence-corrected chi connectivity index (χ2v) is 4.73. The van der Waals surface area contributed by atoms with Crippen molar-refractivity contribution in [1.29, 1.82) is 0 Å². The first kappa shape index (κ1) is 11.4. The normalized spacial score (nSPS) is 27.6. The average molecular weight is 226 g/mol. The Balaban J connectivity index is 1.99. The minimum absolute atomic E-state index is 0.0106. The van der Waals surface area contributed by atoms with Crippen LogP contribution in [-0.4, -0.2) is 47.6 Å². The number of nitrogens with zero attached hydrogens (tertiary/aromatic N) is 1. The lowest BCUT2D eigenvalue weighted by Crippen LogP contribution is -2.52. The van der Waals surface area contributed by atoms with Crippen LogP contribution in [0.1, 0.15) is 19.8 Å². The molecule has 90 valence electrons. The van der Waals surface area contributed by atoms with E-state index in [9.17, 15) is 9.59 Å². The van der Waals surface area contributed by atoms with Crippen molar-refractivity contribution in [1.82, 2.24) is 10.2 Å². The van der Waals surface area contributed by atoms with Gasteiger partial charge in [-0.3, -0.25) is 4.79 Å². The number of amides is 1. The molecule has 0 bridgehead atoms. The quantitative estimate of drug-likeness (QED) is 0.706. The van der Waals surface area contributed by atoms with Gasteiger partial charge in [-0.1, -0.05) is 6.92 Å². The van der Waals surface area contributed by atoms with Crippen LogP contribution >= 0.6 is 0 Å². The molecule has 2 aliphatic heterocycles. The molecular formula is C11H18N2O3. The Morgan fingerprint density at radius 3 is 2.62 bits per heavy atom. The lowest BCUT2D eigenvalue weighted by atomic mass is 9.88. The predicted molar refractivity (Wildman–Crippen MR) is 57.9 cm³/mol. The van der Waals surface area contributed by atoms with Crippen molar-refractivity contribution in [2.24, 2.45) is 11.8 Å². The number of hydrogen-bond donors (Lipinski definition) is 2. The molecule has 0 aromatic heterocycles. The fourth-order valence-electron chi connectivity index (χ4n) is 2.41. The van der Waals surface area contributed by atoms with Crippen LogP contribution in [-0.2, 0) is 9.59 Å². The summed E-state index contributed by atoms with van der Waals surface area (Å²) in [6.45, 7) is 4.25. The predicted octanol–water partition coefficient (Wildman–Crippen LogP) is -0.0825. The van der Waals surface area contributed by atoms with E-state index in [1.807, 2.05) is 6.92 Å². The van der Waals surface area contributed by atoms with E-state index < -0.39 is 12.0 Å². The number of hydrogen-bond acceptors (Lipinski definition) is 3. The molecule has 2 rings (SSSR count). The number of aliphatic carboxylic acids is 1. The first-order valence-corrected chi connectivity index (χ1v) is 5.85. The molecular weight excluding hydrogens is 208 g/mol. The van der Waals surface area contributed by atoms with E-state index in [-0.39, 0.29) is 11.8 Å². The van der Waals surface area contributed by atoms with Gasteiger partial charge in [-0.25, -0.2) is 4.79 Å². The zero-order valence-electron chi connectivity index (χ0n) is 9.48. The molecule has 0 aromatic carbocycles. The molecule has 2 aliphatic rings. The van der Waals surface area contributed by atoms with E-state index in [4.69, 9.17) is 5.11 Å². The van der Waals surface area contributed by atoms with Gasteiger partial charge < -0.3 is 15.3 Å². The highest BCUT2D eigenvalue weighted by Crippen LogP contribution is 2.24. The summed E-state index contributed by atoms with van der Waals surface area (Å²) >= 11 is 0. The van der Waals surface area contributed by atoms with Crippen molar-refractivity contribution in [2.45, 2.75) is 25.8 Å². The number of nitrogens with one attached hydrogen (secondary N) is 1. The summed E-state index contributed by atoms with van der Waals surface area (Å²) in [5, 5.41) is 12.2. The molecule has 1 amide bonds. The summed E-state index contributed by atoms with van der Waals surface area (Å²) in [5.74, 6) is -0.537. The molecule has 2 saturated heterocycles. The highest BCUT2D eigenvalue weighted by atomic mass is 16.4. The third kappa shape index (κ3) is 1.91. The highest BCUT2D eigenvalue weighted by molar-refractivity contribution is 5.85. The van der Waals surface area contributed by atoms with Crippen LogP contribution in [0.15, 0.2) is 0 Å².